The van der Waals surface area contributed by atoms with Crippen molar-refractivity contribution in [3.05, 3.63) is 59.4 Å². The second kappa shape index (κ2) is 11.9. The van der Waals surface area contributed by atoms with E-state index in [1.165, 1.54) is 0 Å². The summed E-state index contributed by atoms with van der Waals surface area (Å²) >= 11 is 0. The van der Waals surface area contributed by atoms with E-state index < -0.39 is 0 Å². The highest BCUT2D eigenvalue weighted by Gasteiger charge is 2.20. The van der Waals surface area contributed by atoms with E-state index in [0.29, 0.717) is 13.1 Å². The molecule has 186 valence electrons. The molecule has 1 fully saturated rings. The molecule has 7 nitrogen and oxygen atoms in total. The van der Waals surface area contributed by atoms with Gasteiger partial charge in [-0.25, -0.2) is 4.98 Å². The quantitative estimate of drug-likeness (QED) is 0.421. The van der Waals surface area contributed by atoms with Gasteiger partial charge in [0.25, 0.3) is 5.91 Å². The lowest BCUT2D eigenvalue weighted by atomic mass is 10.1. The number of carbonyl (C=O) groups excluding carboxylic acids is 2. The molecule has 0 spiro atoms. The molecule has 2 amide bonds. The first kappa shape index (κ1) is 24.8. The summed E-state index contributed by atoms with van der Waals surface area (Å²) in [6.07, 6.45) is 5.82. The third-order valence-corrected chi connectivity index (χ3v) is 6.59. The van der Waals surface area contributed by atoms with Crippen molar-refractivity contribution in [3.8, 4) is 5.75 Å². The van der Waals surface area contributed by atoms with E-state index >= 15 is 0 Å². The average molecular weight is 477 g/mol. The Balaban J connectivity index is 1.21. The summed E-state index contributed by atoms with van der Waals surface area (Å²) in [6, 6.07) is 14.0. The van der Waals surface area contributed by atoms with Gasteiger partial charge in [0.05, 0.1) is 11.0 Å². The molecule has 0 bridgehead atoms. The summed E-state index contributed by atoms with van der Waals surface area (Å²) in [5.74, 6) is 1.79. The zero-order chi connectivity index (χ0) is 24.6. The number of benzene rings is 2. The third-order valence-electron chi connectivity index (χ3n) is 6.59. The van der Waals surface area contributed by atoms with Crippen molar-refractivity contribution in [1.82, 2.24) is 19.8 Å². The van der Waals surface area contributed by atoms with Crippen LogP contribution in [0.5, 0.6) is 5.75 Å². The number of unbranched alkanes of at least 4 members (excludes halogenated alkanes) is 2. The minimum Gasteiger partial charge on any atom is -0.483 e. The molecule has 2 heterocycles. The van der Waals surface area contributed by atoms with Crippen LogP contribution in [0.2, 0.25) is 0 Å². The monoisotopic (exact) mass is 476 g/mol. The molecule has 0 unspecified atom stereocenters. The highest BCUT2D eigenvalue weighted by molar-refractivity contribution is 5.81. The molecule has 3 aromatic rings. The predicted octanol–water partition coefficient (Wildman–Crippen LogP) is 4.18. The number of carbonyl (C=O) groups is 2. The van der Waals surface area contributed by atoms with Crippen molar-refractivity contribution >= 4 is 22.8 Å². The number of aryl methyl sites for hydroxylation is 3. The van der Waals surface area contributed by atoms with Gasteiger partial charge in [0.2, 0.25) is 5.91 Å². The number of ether oxygens (including phenoxy) is 1. The molecule has 7 heteroatoms. The van der Waals surface area contributed by atoms with Crippen LogP contribution in [0.3, 0.4) is 0 Å². The zero-order valence-corrected chi connectivity index (χ0v) is 20.9. The molecule has 2 aromatic carbocycles. The number of hydrogen-bond donors (Lipinski definition) is 1. The number of hydrogen-bond acceptors (Lipinski definition) is 4. The van der Waals surface area contributed by atoms with Gasteiger partial charge in [0, 0.05) is 26.1 Å². The Morgan fingerprint density at radius 1 is 1.03 bits per heavy atom. The Bertz CT molecular complexity index is 1160. The number of fused-ring (bicyclic) bond motifs is 1. The average Bonchev–Trinajstić information content (AvgIpc) is 3.51. The SMILES string of the molecule is Cc1ccc(C)c(OCC(=O)NCCCCCc2nc3ccccc3n2CC(=O)N2CCCC2)c1. The van der Waals surface area contributed by atoms with Gasteiger partial charge in [-0.3, -0.25) is 9.59 Å². The Morgan fingerprint density at radius 3 is 2.66 bits per heavy atom. The fourth-order valence-corrected chi connectivity index (χ4v) is 4.56. The number of nitrogens with zero attached hydrogens (tertiary/aromatic N) is 3. The number of aromatic nitrogens is 2. The van der Waals surface area contributed by atoms with Gasteiger partial charge in [0.1, 0.15) is 18.1 Å². The van der Waals surface area contributed by atoms with Crippen LogP contribution >= 0.6 is 0 Å². The first-order valence-corrected chi connectivity index (χ1v) is 12.7. The van der Waals surface area contributed by atoms with Crippen molar-refractivity contribution in [2.45, 2.75) is 58.9 Å². The highest BCUT2D eigenvalue weighted by atomic mass is 16.5. The molecule has 1 aliphatic heterocycles. The van der Waals surface area contributed by atoms with Gasteiger partial charge in [-0.15, -0.1) is 0 Å². The van der Waals surface area contributed by atoms with Crippen LogP contribution in [0, 0.1) is 13.8 Å². The summed E-state index contributed by atoms with van der Waals surface area (Å²) in [5, 5.41) is 2.94. The van der Waals surface area contributed by atoms with Gasteiger partial charge in [-0.2, -0.15) is 0 Å². The zero-order valence-electron chi connectivity index (χ0n) is 20.9. The number of para-hydroxylation sites is 2. The molecule has 0 radical (unpaired) electrons. The van der Waals surface area contributed by atoms with E-state index in [2.05, 4.69) is 9.88 Å². The van der Waals surface area contributed by atoms with Crippen LogP contribution in [0.1, 0.15) is 49.1 Å². The first-order chi connectivity index (χ1) is 17.0. The molecule has 1 N–H and O–H groups in total. The molecular formula is C28H36N4O3. The van der Waals surface area contributed by atoms with Crippen LogP contribution in [0.25, 0.3) is 11.0 Å². The fraction of sp³-hybridized carbons (Fsp3) is 0.464. The maximum absolute atomic E-state index is 12.8. The second-order valence-electron chi connectivity index (χ2n) is 9.41. The van der Waals surface area contributed by atoms with E-state index in [0.717, 1.165) is 85.3 Å². The third kappa shape index (κ3) is 6.62. The van der Waals surface area contributed by atoms with Crippen molar-refractivity contribution in [2.24, 2.45) is 0 Å². The Morgan fingerprint density at radius 2 is 1.83 bits per heavy atom. The molecule has 4 rings (SSSR count). The van der Waals surface area contributed by atoms with Gasteiger partial charge in [-0.05, 0) is 68.9 Å². The lowest BCUT2D eigenvalue weighted by molar-refractivity contribution is -0.130. The van der Waals surface area contributed by atoms with Crippen LogP contribution in [0.4, 0.5) is 0 Å². The summed E-state index contributed by atoms with van der Waals surface area (Å²) < 4.78 is 7.76. The largest absolute Gasteiger partial charge is 0.483 e. The molecular weight excluding hydrogens is 440 g/mol. The molecule has 1 aliphatic rings. The highest BCUT2D eigenvalue weighted by Crippen LogP contribution is 2.20. The molecule has 0 atom stereocenters. The molecule has 0 aliphatic carbocycles. The van der Waals surface area contributed by atoms with E-state index in [1.54, 1.807) is 0 Å². The minimum atomic E-state index is -0.104. The van der Waals surface area contributed by atoms with Crippen molar-refractivity contribution in [3.63, 3.8) is 0 Å². The first-order valence-electron chi connectivity index (χ1n) is 12.7. The summed E-state index contributed by atoms with van der Waals surface area (Å²) in [7, 11) is 0. The molecule has 35 heavy (non-hydrogen) atoms. The number of likely N-dealkylation sites (tertiary alicyclic amines) is 1. The van der Waals surface area contributed by atoms with Gasteiger partial charge < -0.3 is 19.5 Å². The van der Waals surface area contributed by atoms with Crippen molar-refractivity contribution < 1.29 is 14.3 Å². The maximum atomic E-state index is 12.8. The summed E-state index contributed by atoms with van der Waals surface area (Å²) in [4.78, 5) is 31.7. The normalized spacial score (nSPS) is 13.4. The van der Waals surface area contributed by atoms with E-state index in [-0.39, 0.29) is 18.4 Å². The molecule has 0 saturated carbocycles. The standard InChI is InChI=1S/C28H36N4O3/c1-21-13-14-22(2)25(18-21)35-20-27(33)29-15-7-3-4-12-26-30-23-10-5-6-11-24(23)32(26)19-28(34)31-16-8-9-17-31/h5-6,10-11,13-14,18H,3-4,7-9,12,15-17,19-20H2,1-2H3,(H,29,33). The minimum absolute atomic E-state index is 0.0271. The predicted molar refractivity (Wildman–Crippen MR) is 138 cm³/mol. The van der Waals surface area contributed by atoms with Crippen molar-refractivity contribution in [2.75, 3.05) is 26.2 Å². The van der Waals surface area contributed by atoms with Crippen LogP contribution in [0.15, 0.2) is 42.5 Å². The van der Waals surface area contributed by atoms with Crippen LogP contribution in [-0.4, -0.2) is 52.5 Å². The number of rotatable bonds is 11. The van der Waals surface area contributed by atoms with Crippen LogP contribution < -0.4 is 10.1 Å². The Kier molecular flexibility index (Phi) is 8.40. The second-order valence-corrected chi connectivity index (χ2v) is 9.41. The number of nitrogens with one attached hydrogen (secondary N) is 1. The number of imidazole rings is 1. The Hall–Kier alpha value is -3.35. The fourth-order valence-electron chi connectivity index (χ4n) is 4.56. The molecule has 1 aromatic heterocycles. The number of amides is 2. The van der Waals surface area contributed by atoms with E-state index in [4.69, 9.17) is 9.72 Å². The van der Waals surface area contributed by atoms with Gasteiger partial charge in [-0.1, -0.05) is 30.7 Å². The van der Waals surface area contributed by atoms with Gasteiger partial charge in [0.15, 0.2) is 6.61 Å². The van der Waals surface area contributed by atoms with Gasteiger partial charge >= 0.3 is 0 Å². The topological polar surface area (TPSA) is 76.5 Å². The Labute approximate surface area is 207 Å². The summed E-state index contributed by atoms with van der Waals surface area (Å²) in [6.45, 7) is 6.71. The summed E-state index contributed by atoms with van der Waals surface area (Å²) in [5.41, 5.74) is 4.09. The van der Waals surface area contributed by atoms with Crippen LogP contribution in [-0.2, 0) is 22.6 Å². The molecule has 1 saturated heterocycles. The maximum Gasteiger partial charge on any atom is 0.257 e. The van der Waals surface area contributed by atoms with E-state index in [9.17, 15) is 9.59 Å². The lowest BCUT2D eigenvalue weighted by Gasteiger charge is -2.17. The smallest absolute Gasteiger partial charge is 0.257 e. The van der Waals surface area contributed by atoms with Crippen molar-refractivity contribution in [1.29, 1.82) is 0 Å². The van der Waals surface area contributed by atoms with E-state index in [1.807, 2.05) is 61.2 Å². The lowest BCUT2D eigenvalue weighted by Crippen LogP contribution is -2.31.